The molecule has 0 bridgehead atoms. The lowest BCUT2D eigenvalue weighted by molar-refractivity contribution is -0.118. The van der Waals surface area contributed by atoms with Crippen LogP contribution in [0, 0.1) is 6.92 Å². The fourth-order valence-corrected chi connectivity index (χ4v) is 3.49. The highest BCUT2D eigenvalue weighted by molar-refractivity contribution is 8.15. The van der Waals surface area contributed by atoms with E-state index in [1.54, 1.807) is 12.3 Å². The number of amides is 1. The van der Waals surface area contributed by atoms with Gasteiger partial charge in [-0.05, 0) is 30.5 Å². The molecule has 1 aliphatic rings. The van der Waals surface area contributed by atoms with Gasteiger partial charge in [-0.15, -0.1) is 5.10 Å². The summed E-state index contributed by atoms with van der Waals surface area (Å²) in [6.07, 6.45) is 2.26. The number of aryl methyl sites for hydroxylation is 1. The van der Waals surface area contributed by atoms with Gasteiger partial charge in [0.25, 0.3) is 0 Å². The first-order chi connectivity index (χ1) is 11.6. The smallest absolute Gasteiger partial charge is 0.239 e. The second-order valence-corrected chi connectivity index (χ2v) is 7.00. The van der Waals surface area contributed by atoms with Crippen molar-refractivity contribution in [3.8, 4) is 0 Å². The number of hydrogen-bond donors (Lipinski definition) is 1. The van der Waals surface area contributed by atoms with Crippen LogP contribution in [0.1, 0.15) is 16.7 Å². The molecule has 6 heteroatoms. The van der Waals surface area contributed by atoms with E-state index in [0.29, 0.717) is 16.6 Å². The summed E-state index contributed by atoms with van der Waals surface area (Å²) >= 11 is 7.46. The SMILES string of the molecule is Cc1ccccc1CC1S/C(=N/N=C/c2ccccc2Cl)NC1=O. The van der Waals surface area contributed by atoms with Crippen molar-refractivity contribution in [2.24, 2.45) is 10.2 Å². The monoisotopic (exact) mass is 357 g/mol. The van der Waals surface area contributed by atoms with Crippen LogP contribution in [0.25, 0.3) is 0 Å². The molecule has 0 spiro atoms. The Morgan fingerprint density at radius 2 is 1.96 bits per heavy atom. The maximum Gasteiger partial charge on any atom is 0.239 e. The zero-order valence-electron chi connectivity index (χ0n) is 13.1. The number of halogens is 1. The maximum absolute atomic E-state index is 12.1. The van der Waals surface area contributed by atoms with Crippen LogP contribution >= 0.6 is 23.4 Å². The van der Waals surface area contributed by atoms with Crippen molar-refractivity contribution < 1.29 is 4.79 Å². The zero-order chi connectivity index (χ0) is 16.9. The summed E-state index contributed by atoms with van der Waals surface area (Å²) in [7, 11) is 0. The topological polar surface area (TPSA) is 53.8 Å². The third-order valence-corrected chi connectivity index (χ3v) is 5.11. The van der Waals surface area contributed by atoms with Crippen LogP contribution in [0.3, 0.4) is 0 Å². The highest BCUT2D eigenvalue weighted by Crippen LogP contribution is 2.24. The molecule has 1 saturated heterocycles. The molecular weight excluding hydrogens is 342 g/mol. The molecule has 122 valence electrons. The standard InChI is InChI=1S/C18H16ClN3OS/c1-12-6-2-3-7-13(12)10-16-17(23)21-18(24-16)22-20-11-14-8-4-5-9-15(14)19/h2-9,11,16H,10H2,1H3,(H,21,22,23)/b20-11+. The second kappa shape index (κ2) is 7.64. The number of nitrogens with zero attached hydrogens (tertiary/aromatic N) is 2. The summed E-state index contributed by atoms with van der Waals surface area (Å²) in [6.45, 7) is 2.05. The van der Waals surface area contributed by atoms with E-state index in [0.717, 1.165) is 5.56 Å². The van der Waals surface area contributed by atoms with E-state index in [1.807, 2.05) is 36.4 Å². The quantitative estimate of drug-likeness (QED) is 0.668. The largest absolute Gasteiger partial charge is 0.303 e. The zero-order valence-corrected chi connectivity index (χ0v) is 14.6. The molecule has 0 radical (unpaired) electrons. The Labute approximate surface area is 150 Å². The van der Waals surface area contributed by atoms with Crippen LogP contribution in [0.15, 0.2) is 58.7 Å². The van der Waals surface area contributed by atoms with Gasteiger partial charge in [-0.1, -0.05) is 65.8 Å². The molecule has 1 aliphatic heterocycles. The van der Waals surface area contributed by atoms with Gasteiger partial charge in [0.1, 0.15) is 0 Å². The van der Waals surface area contributed by atoms with Crippen molar-refractivity contribution >= 4 is 40.7 Å². The van der Waals surface area contributed by atoms with Crippen LogP contribution < -0.4 is 5.32 Å². The van der Waals surface area contributed by atoms with E-state index >= 15 is 0 Å². The molecule has 1 amide bonds. The van der Waals surface area contributed by atoms with E-state index in [1.165, 1.54) is 22.9 Å². The van der Waals surface area contributed by atoms with Gasteiger partial charge >= 0.3 is 0 Å². The Kier molecular flexibility index (Phi) is 5.33. The minimum Gasteiger partial charge on any atom is -0.303 e. The Bertz CT molecular complexity index is 819. The first-order valence-electron chi connectivity index (χ1n) is 7.51. The summed E-state index contributed by atoms with van der Waals surface area (Å²) in [5.74, 6) is -0.0325. The first kappa shape index (κ1) is 16.7. The van der Waals surface area contributed by atoms with Crippen LogP contribution in [-0.4, -0.2) is 22.5 Å². The van der Waals surface area contributed by atoms with E-state index < -0.39 is 0 Å². The maximum atomic E-state index is 12.1. The molecule has 2 aromatic carbocycles. The lowest BCUT2D eigenvalue weighted by atomic mass is 10.0. The molecule has 0 aliphatic carbocycles. The predicted octanol–water partition coefficient (Wildman–Crippen LogP) is 3.81. The lowest BCUT2D eigenvalue weighted by Crippen LogP contribution is -2.26. The molecule has 4 nitrogen and oxygen atoms in total. The Morgan fingerprint density at radius 3 is 2.75 bits per heavy atom. The van der Waals surface area contributed by atoms with E-state index in [9.17, 15) is 4.79 Å². The summed E-state index contributed by atoms with van der Waals surface area (Å²) in [4.78, 5) is 12.1. The Morgan fingerprint density at radius 1 is 1.21 bits per heavy atom. The normalized spacial score (nSPS) is 19.2. The molecule has 1 atom stereocenters. The minimum atomic E-state index is -0.180. The number of rotatable bonds is 4. The molecule has 2 aromatic rings. The van der Waals surface area contributed by atoms with Crippen LogP contribution in [0.5, 0.6) is 0 Å². The van der Waals surface area contributed by atoms with Gasteiger partial charge in [-0.2, -0.15) is 5.10 Å². The third-order valence-electron chi connectivity index (χ3n) is 3.69. The van der Waals surface area contributed by atoms with Gasteiger partial charge in [-0.3, -0.25) is 4.79 Å². The summed E-state index contributed by atoms with van der Waals surface area (Å²) < 4.78 is 0. The minimum absolute atomic E-state index is 0.0325. The van der Waals surface area contributed by atoms with E-state index in [4.69, 9.17) is 11.6 Å². The fraction of sp³-hybridized carbons (Fsp3) is 0.167. The summed E-state index contributed by atoms with van der Waals surface area (Å²) in [5, 5.41) is 11.8. The molecule has 0 saturated carbocycles. The highest BCUT2D eigenvalue weighted by atomic mass is 35.5. The molecule has 1 fully saturated rings. The van der Waals surface area contributed by atoms with Gasteiger partial charge in [0.05, 0.1) is 11.5 Å². The number of nitrogens with one attached hydrogen (secondary N) is 1. The number of carbonyl (C=O) groups is 1. The average Bonchev–Trinajstić information content (AvgIpc) is 2.91. The fourth-order valence-electron chi connectivity index (χ4n) is 2.35. The van der Waals surface area contributed by atoms with Gasteiger partial charge in [0.15, 0.2) is 5.17 Å². The Hall–Kier alpha value is -2.11. The molecular formula is C18H16ClN3OS. The predicted molar refractivity (Wildman–Crippen MR) is 101 cm³/mol. The lowest BCUT2D eigenvalue weighted by Gasteiger charge is -2.07. The highest BCUT2D eigenvalue weighted by Gasteiger charge is 2.30. The molecule has 0 aromatic heterocycles. The summed E-state index contributed by atoms with van der Waals surface area (Å²) in [6, 6.07) is 15.5. The molecule has 1 N–H and O–H groups in total. The number of amidine groups is 1. The summed E-state index contributed by atoms with van der Waals surface area (Å²) in [5.41, 5.74) is 3.15. The second-order valence-electron chi connectivity index (χ2n) is 5.40. The number of benzene rings is 2. The van der Waals surface area contributed by atoms with Gasteiger partial charge < -0.3 is 5.32 Å². The van der Waals surface area contributed by atoms with Crippen molar-refractivity contribution in [3.05, 3.63) is 70.2 Å². The van der Waals surface area contributed by atoms with Gasteiger partial charge in [-0.25, -0.2) is 0 Å². The van der Waals surface area contributed by atoms with Crippen LogP contribution in [0.4, 0.5) is 0 Å². The Balaban J connectivity index is 1.66. The van der Waals surface area contributed by atoms with Crippen LogP contribution in [-0.2, 0) is 11.2 Å². The number of thioether (sulfide) groups is 1. The van der Waals surface area contributed by atoms with Crippen molar-refractivity contribution in [1.82, 2.24) is 5.32 Å². The molecule has 3 rings (SSSR count). The van der Waals surface area contributed by atoms with Crippen molar-refractivity contribution in [3.63, 3.8) is 0 Å². The molecule has 1 unspecified atom stereocenters. The average molecular weight is 358 g/mol. The van der Waals surface area contributed by atoms with Crippen molar-refractivity contribution in [1.29, 1.82) is 0 Å². The van der Waals surface area contributed by atoms with Gasteiger partial charge in [0.2, 0.25) is 5.91 Å². The van der Waals surface area contributed by atoms with E-state index in [2.05, 4.69) is 28.5 Å². The third kappa shape index (κ3) is 4.04. The van der Waals surface area contributed by atoms with E-state index in [-0.39, 0.29) is 11.2 Å². The number of hydrogen-bond acceptors (Lipinski definition) is 4. The molecule has 24 heavy (non-hydrogen) atoms. The first-order valence-corrected chi connectivity index (χ1v) is 8.77. The van der Waals surface area contributed by atoms with Crippen molar-refractivity contribution in [2.45, 2.75) is 18.6 Å². The van der Waals surface area contributed by atoms with Gasteiger partial charge in [0, 0.05) is 10.6 Å². The van der Waals surface area contributed by atoms with Crippen LogP contribution in [0.2, 0.25) is 5.02 Å². The number of carbonyl (C=O) groups excluding carboxylic acids is 1. The molecule has 1 heterocycles. The van der Waals surface area contributed by atoms with Crippen molar-refractivity contribution in [2.75, 3.05) is 0 Å².